The van der Waals surface area contributed by atoms with Gasteiger partial charge in [-0.05, 0) is 49.1 Å². The zero-order chi connectivity index (χ0) is 21.5. The molecule has 5 nitrogen and oxygen atoms in total. The number of hydrogen-bond donors (Lipinski definition) is 1. The Hall–Kier alpha value is -2.18. The number of rotatable bonds is 11. The van der Waals surface area contributed by atoms with Crippen LogP contribution in [0.4, 0.5) is 5.69 Å². The molecule has 1 aromatic heterocycles. The number of unbranched alkanes of at least 4 members (excludes halogenated alkanes) is 3. The van der Waals surface area contributed by atoms with Crippen LogP contribution < -0.4 is 4.90 Å². The summed E-state index contributed by atoms with van der Waals surface area (Å²) in [7, 11) is 0. The number of thiophene rings is 1. The predicted molar refractivity (Wildman–Crippen MR) is 120 cm³/mol. The molecule has 1 saturated heterocycles. The molecule has 2 unspecified atom stereocenters. The van der Waals surface area contributed by atoms with E-state index in [0.29, 0.717) is 18.1 Å². The summed E-state index contributed by atoms with van der Waals surface area (Å²) in [5.41, 5.74) is 2.24. The Morgan fingerprint density at radius 1 is 1.17 bits per heavy atom. The molecule has 1 amide bonds. The second kappa shape index (κ2) is 10.7. The molecule has 2 atom stereocenters. The van der Waals surface area contributed by atoms with Crippen LogP contribution in [0.1, 0.15) is 66.1 Å². The van der Waals surface area contributed by atoms with Crippen LogP contribution in [-0.2, 0) is 22.6 Å². The second-order valence-corrected chi connectivity index (χ2v) is 9.23. The highest BCUT2D eigenvalue weighted by Gasteiger charge is 2.37. The Bertz CT molecular complexity index is 845. The van der Waals surface area contributed by atoms with Crippen molar-refractivity contribution in [3.63, 3.8) is 0 Å². The molecule has 3 rings (SSSR count). The van der Waals surface area contributed by atoms with Gasteiger partial charge in [-0.2, -0.15) is 0 Å². The van der Waals surface area contributed by atoms with Gasteiger partial charge in [-0.25, -0.2) is 4.79 Å². The average molecular weight is 430 g/mol. The van der Waals surface area contributed by atoms with Crippen LogP contribution in [0.3, 0.4) is 0 Å². The largest absolute Gasteiger partial charge is 0.477 e. The normalized spacial score (nSPS) is 18.9. The van der Waals surface area contributed by atoms with Crippen LogP contribution in [0, 0.1) is 5.92 Å². The molecule has 1 fully saturated rings. The molecule has 1 aliphatic heterocycles. The van der Waals surface area contributed by atoms with E-state index in [1.54, 1.807) is 12.1 Å². The lowest BCUT2D eigenvalue weighted by atomic mass is 10.1. The smallest absolute Gasteiger partial charge is 0.345 e. The number of carboxylic acid groups (broad SMARTS) is 1. The van der Waals surface area contributed by atoms with Gasteiger partial charge in [0.2, 0.25) is 5.91 Å². The van der Waals surface area contributed by atoms with Crippen LogP contribution in [-0.4, -0.2) is 29.6 Å². The van der Waals surface area contributed by atoms with E-state index in [0.717, 1.165) is 23.4 Å². The summed E-state index contributed by atoms with van der Waals surface area (Å²) >= 11 is 1.23. The van der Waals surface area contributed by atoms with E-state index >= 15 is 0 Å². The predicted octanol–water partition coefficient (Wildman–Crippen LogP) is 5.53. The third kappa shape index (κ3) is 5.70. The van der Waals surface area contributed by atoms with Gasteiger partial charge >= 0.3 is 5.97 Å². The summed E-state index contributed by atoms with van der Waals surface area (Å²) in [6.45, 7) is 4.99. The SMILES string of the molecule is CCCCCCc1ccc(N2C(=O)C(C)CC2COCc2ccc(C(=O)O)s2)cc1. The number of anilines is 1. The lowest BCUT2D eigenvalue weighted by molar-refractivity contribution is -0.120. The number of aromatic carboxylic acids is 1. The molecule has 1 aliphatic rings. The summed E-state index contributed by atoms with van der Waals surface area (Å²) in [5.74, 6) is -0.794. The van der Waals surface area contributed by atoms with Crippen LogP contribution in [0.5, 0.6) is 0 Å². The molecule has 0 aliphatic carbocycles. The van der Waals surface area contributed by atoms with Crippen molar-refractivity contribution >= 4 is 28.9 Å². The molecule has 1 N–H and O–H groups in total. The molecule has 0 spiro atoms. The first kappa shape index (κ1) is 22.5. The van der Waals surface area contributed by atoms with E-state index in [2.05, 4.69) is 31.2 Å². The van der Waals surface area contributed by atoms with Gasteiger partial charge in [-0.15, -0.1) is 11.3 Å². The zero-order valence-electron chi connectivity index (χ0n) is 17.8. The maximum absolute atomic E-state index is 12.8. The minimum Gasteiger partial charge on any atom is -0.477 e. The Labute approximate surface area is 182 Å². The third-order valence-electron chi connectivity index (χ3n) is 5.61. The molecule has 0 saturated carbocycles. The van der Waals surface area contributed by atoms with Crippen molar-refractivity contribution in [2.45, 2.75) is 65.0 Å². The van der Waals surface area contributed by atoms with E-state index in [-0.39, 0.29) is 17.9 Å². The second-order valence-electron chi connectivity index (χ2n) is 8.06. The average Bonchev–Trinajstić information content (AvgIpc) is 3.31. The van der Waals surface area contributed by atoms with E-state index in [4.69, 9.17) is 9.84 Å². The molecule has 30 heavy (non-hydrogen) atoms. The maximum atomic E-state index is 12.8. The van der Waals surface area contributed by atoms with Crippen LogP contribution in [0.2, 0.25) is 0 Å². The molecule has 2 aromatic rings. The van der Waals surface area contributed by atoms with Gasteiger partial charge in [0, 0.05) is 16.5 Å². The molecule has 6 heteroatoms. The van der Waals surface area contributed by atoms with E-state index < -0.39 is 5.97 Å². The van der Waals surface area contributed by atoms with Crippen molar-refractivity contribution < 1.29 is 19.4 Å². The standard InChI is InChI=1S/C24H31NO4S/c1-3-4-5-6-7-18-8-10-19(11-9-18)25-20(14-17(2)23(25)26)15-29-16-21-12-13-22(30-21)24(27)28/h8-13,17,20H,3-7,14-16H2,1-2H3,(H,27,28). The fourth-order valence-corrected chi connectivity index (χ4v) is 4.74. The van der Waals surface area contributed by atoms with Crippen LogP contribution >= 0.6 is 11.3 Å². The van der Waals surface area contributed by atoms with Crippen LogP contribution in [0.25, 0.3) is 0 Å². The zero-order valence-corrected chi connectivity index (χ0v) is 18.6. The molecule has 0 radical (unpaired) electrons. The Balaban J connectivity index is 1.57. The van der Waals surface area contributed by atoms with Gasteiger partial charge in [0.1, 0.15) is 4.88 Å². The summed E-state index contributed by atoms with van der Waals surface area (Å²) in [6, 6.07) is 11.8. The van der Waals surface area contributed by atoms with E-state index in [1.807, 2.05) is 11.8 Å². The summed E-state index contributed by atoms with van der Waals surface area (Å²) in [6.07, 6.45) is 6.83. The number of carboxylic acids is 1. The molecule has 1 aromatic carbocycles. The van der Waals surface area contributed by atoms with Crippen molar-refractivity contribution in [2.75, 3.05) is 11.5 Å². The first-order valence-electron chi connectivity index (χ1n) is 10.8. The molecule has 2 heterocycles. The summed E-state index contributed by atoms with van der Waals surface area (Å²) in [5, 5.41) is 9.03. The van der Waals surface area contributed by atoms with Crippen LogP contribution in [0.15, 0.2) is 36.4 Å². The number of ether oxygens (including phenoxy) is 1. The van der Waals surface area contributed by atoms with Crippen molar-refractivity contribution in [2.24, 2.45) is 5.92 Å². The Kier molecular flexibility index (Phi) is 8.05. The van der Waals surface area contributed by atoms with Gasteiger partial charge in [0.15, 0.2) is 0 Å². The van der Waals surface area contributed by atoms with E-state index in [1.165, 1.54) is 42.6 Å². The molecule has 162 valence electrons. The summed E-state index contributed by atoms with van der Waals surface area (Å²) in [4.78, 5) is 26.8. The topological polar surface area (TPSA) is 66.8 Å². The van der Waals surface area contributed by atoms with Gasteiger partial charge in [0.25, 0.3) is 0 Å². The molecule has 0 bridgehead atoms. The number of benzene rings is 1. The number of carbonyl (C=O) groups is 2. The highest BCUT2D eigenvalue weighted by molar-refractivity contribution is 7.13. The van der Waals surface area contributed by atoms with Gasteiger partial charge < -0.3 is 14.7 Å². The maximum Gasteiger partial charge on any atom is 0.345 e. The number of nitrogens with zero attached hydrogens (tertiary/aromatic N) is 1. The van der Waals surface area contributed by atoms with Crippen molar-refractivity contribution in [3.05, 3.63) is 51.7 Å². The van der Waals surface area contributed by atoms with Gasteiger partial charge in [-0.3, -0.25) is 4.79 Å². The number of carbonyl (C=O) groups excluding carboxylic acids is 1. The van der Waals surface area contributed by atoms with Gasteiger partial charge in [0.05, 0.1) is 19.3 Å². The monoisotopic (exact) mass is 429 g/mol. The highest BCUT2D eigenvalue weighted by Crippen LogP contribution is 2.31. The highest BCUT2D eigenvalue weighted by atomic mass is 32.1. The van der Waals surface area contributed by atoms with Gasteiger partial charge in [-0.1, -0.05) is 45.2 Å². The minimum atomic E-state index is -0.915. The Morgan fingerprint density at radius 3 is 2.60 bits per heavy atom. The Morgan fingerprint density at radius 2 is 1.93 bits per heavy atom. The van der Waals surface area contributed by atoms with Crippen molar-refractivity contribution in [1.82, 2.24) is 0 Å². The molecular weight excluding hydrogens is 398 g/mol. The lowest BCUT2D eigenvalue weighted by Gasteiger charge is -2.25. The number of hydrogen-bond acceptors (Lipinski definition) is 4. The minimum absolute atomic E-state index is 0.00168. The fourth-order valence-electron chi connectivity index (χ4n) is 3.96. The first-order valence-corrected chi connectivity index (χ1v) is 11.6. The fraction of sp³-hybridized carbons (Fsp3) is 0.500. The van der Waals surface area contributed by atoms with Crippen molar-refractivity contribution in [1.29, 1.82) is 0 Å². The quantitative estimate of drug-likeness (QED) is 0.477. The lowest BCUT2D eigenvalue weighted by Crippen LogP contribution is -2.36. The van der Waals surface area contributed by atoms with E-state index in [9.17, 15) is 9.59 Å². The number of aryl methyl sites for hydroxylation is 1. The third-order valence-corrected chi connectivity index (χ3v) is 6.66. The molecular formula is C24H31NO4S. The first-order chi connectivity index (χ1) is 14.5. The van der Waals surface area contributed by atoms with Crippen molar-refractivity contribution in [3.8, 4) is 0 Å². The number of amides is 1. The summed E-state index contributed by atoms with van der Waals surface area (Å²) < 4.78 is 5.87.